The van der Waals surface area contributed by atoms with Gasteiger partial charge in [0.1, 0.15) is 23.7 Å². The van der Waals surface area contributed by atoms with Gasteiger partial charge in [-0.25, -0.2) is 13.1 Å². The molecular formula is C21H23N3O6S. The molecule has 0 unspecified atom stereocenters. The van der Waals surface area contributed by atoms with E-state index in [-0.39, 0.29) is 35.2 Å². The van der Waals surface area contributed by atoms with Crippen molar-refractivity contribution in [2.75, 3.05) is 12.9 Å². The summed E-state index contributed by atoms with van der Waals surface area (Å²) in [6.45, 7) is 3.54. The zero-order chi connectivity index (χ0) is 22.8. The van der Waals surface area contributed by atoms with Crippen LogP contribution in [-0.4, -0.2) is 52.5 Å². The molecule has 0 atom stereocenters. The highest BCUT2D eigenvalue weighted by Crippen LogP contribution is 2.39. The number of benzene rings is 2. The predicted octanol–water partition coefficient (Wildman–Crippen LogP) is 2.55. The van der Waals surface area contributed by atoms with Crippen LogP contribution >= 0.6 is 0 Å². The first kappa shape index (κ1) is 22.3. The van der Waals surface area contributed by atoms with E-state index in [1.54, 1.807) is 25.1 Å². The molecule has 0 radical (unpaired) electrons. The minimum absolute atomic E-state index is 0.0401. The van der Waals surface area contributed by atoms with Crippen LogP contribution in [0.5, 0.6) is 11.5 Å². The fraction of sp³-hybridized carbons (Fsp3) is 0.286. The number of hydrogen-bond acceptors (Lipinski definition) is 8. The van der Waals surface area contributed by atoms with E-state index in [4.69, 9.17) is 4.74 Å². The van der Waals surface area contributed by atoms with Crippen LogP contribution < -0.4 is 0 Å². The predicted molar refractivity (Wildman–Crippen MR) is 113 cm³/mol. The Bertz CT molecular complexity index is 1220. The van der Waals surface area contributed by atoms with Gasteiger partial charge in [-0.2, -0.15) is 0 Å². The van der Waals surface area contributed by atoms with Gasteiger partial charge in [0.25, 0.3) is 0 Å². The van der Waals surface area contributed by atoms with E-state index in [0.29, 0.717) is 28.8 Å². The van der Waals surface area contributed by atoms with Gasteiger partial charge >= 0.3 is 5.97 Å². The molecule has 164 valence electrons. The monoisotopic (exact) mass is 445 g/mol. The molecule has 0 amide bonds. The van der Waals surface area contributed by atoms with Crippen molar-refractivity contribution in [3.05, 3.63) is 42.0 Å². The van der Waals surface area contributed by atoms with Gasteiger partial charge in [0.15, 0.2) is 9.84 Å². The van der Waals surface area contributed by atoms with Crippen molar-refractivity contribution in [1.82, 2.24) is 15.0 Å². The topological polar surface area (TPSA) is 132 Å². The maximum absolute atomic E-state index is 12.1. The van der Waals surface area contributed by atoms with E-state index in [9.17, 15) is 23.4 Å². The Morgan fingerprint density at radius 3 is 2.35 bits per heavy atom. The van der Waals surface area contributed by atoms with Gasteiger partial charge in [-0.15, -0.1) is 5.10 Å². The molecule has 0 aliphatic heterocycles. The normalized spacial score (nSPS) is 11.5. The number of hydrogen-bond donors (Lipinski definition) is 2. The van der Waals surface area contributed by atoms with Gasteiger partial charge < -0.3 is 14.9 Å². The van der Waals surface area contributed by atoms with Crippen molar-refractivity contribution in [1.29, 1.82) is 0 Å². The summed E-state index contributed by atoms with van der Waals surface area (Å²) in [4.78, 5) is 12.2. The zero-order valence-electron chi connectivity index (χ0n) is 17.4. The maximum atomic E-state index is 12.1. The number of nitrogens with zero attached hydrogens (tertiary/aromatic N) is 3. The molecule has 2 N–H and O–H groups in total. The average molecular weight is 445 g/mol. The second-order valence-corrected chi connectivity index (χ2v) is 8.91. The summed E-state index contributed by atoms with van der Waals surface area (Å²) in [7, 11) is -3.39. The van der Waals surface area contributed by atoms with Gasteiger partial charge in [0.2, 0.25) is 0 Å². The lowest BCUT2D eigenvalue weighted by Gasteiger charge is -2.11. The lowest BCUT2D eigenvalue weighted by atomic mass is 10.00. The molecule has 0 spiro atoms. The summed E-state index contributed by atoms with van der Waals surface area (Å²) in [5.41, 5.74) is 2.15. The Balaban J connectivity index is 2.20. The molecule has 0 bridgehead atoms. The Hall–Kier alpha value is -3.40. The van der Waals surface area contributed by atoms with E-state index >= 15 is 0 Å². The number of aromatic nitrogens is 3. The zero-order valence-corrected chi connectivity index (χ0v) is 18.2. The highest BCUT2D eigenvalue weighted by Gasteiger charge is 2.22. The largest absolute Gasteiger partial charge is 0.508 e. The Morgan fingerprint density at radius 2 is 1.77 bits per heavy atom. The molecule has 31 heavy (non-hydrogen) atoms. The van der Waals surface area contributed by atoms with Crippen molar-refractivity contribution in [2.45, 2.75) is 31.7 Å². The van der Waals surface area contributed by atoms with Gasteiger partial charge in [-0.05, 0) is 37.1 Å². The van der Waals surface area contributed by atoms with E-state index in [1.165, 1.54) is 22.9 Å². The van der Waals surface area contributed by atoms with Crippen molar-refractivity contribution < 1.29 is 28.2 Å². The molecule has 0 aliphatic carbocycles. The highest BCUT2D eigenvalue weighted by atomic mass is 32.2. The first-order valence-electron chi connectivity index (χ1n) is 9.60. The number of sulfone groups is 1. The first-order valence-corrected chi connectivity index (χ1v) is 11.5. The van der Waals surface area contributed by atoms with Crippen molar-refractivity contribution in [3.63, 3.8) is 0 Å². The molecule has 10 heteroatoms. The van der Waals surface area contributed by atoms with Crippen LogP contribution in [0.4, 0.5) is 0 Å². The number of aryl methyl sites for hydroxylation is 1. The van der Waals surface area contributed by atoms with Crippen molar-refractivity contribution >= 4 is 15.8 Å². The fourth-order valence-corrected chi connectivity index (χ4v) is 3.81. The Labute approximate surface area is 179 Å². The number of esters is 1. The molecule has 3 aromatic rings. The number of rotatable bonds is 7. The number of carbonyl (C=O) groups excluding carboxylic acids is 1. The van der Waals surface area contributed by atoms with Crippen LogP contribution in [-0.2, 0) is 32.3 Å². The van der Waals surface area contributed by atoms with Gasteiger partial charge in [-0.3, -0.25) is 4.79 Å². The average Bonchev–Trinajstić information content (AvgIpc) is 3.10. The number of phenolic OH excluding ortho intramolecular Hbond substituents is 2. The fourth-order valence-electron chi connectivity index (χ4n) is 3.17. The molecule has 0 saturated heterocycles. The van der Waals surface area contributed by atoms with Crippen molar-refractivity contribution in [3.8, 4) is 34.0 Å². The molecule has 0 saturated carbocycles. The quantitative estimate of drug-likeness (QED) is 0.531. The van der Waals surface area contributed by atoms with Crippen molar-refractivity contribution in [2.24, 2.45) is 0 Å². The smallest absolute Gasteiger partial charge is 0.327 e. The summed E-state index contributed by atoms with van der Waals surface area (Å²) < 4.78 is 29.9. The lowest BCUT2D eigenvalue weighted by Crippen LogP contribution is -2.15. The lowest BCUT2D eigenvalue weighted by molar-refractivity contribution is -0.144. The number of ether oxygens (including phenoxy) is 1. The standard InChI is InChI=1S/C21H23N3O6S/c1-4-13-10-16(18(26)11-17(13)25)20-21(24(23-22-20)12-19(27)30-5-2)14-6-8-15(9-7-14)31(3,28)29/h6-11,25-26H,4-5,12H2,1-3H3. The van der Waals surface area contributed by atoms with Gasteiger partial charge in [0, 0.05) is 23.4 Å². The highest BCUT2D eigenvalue weighted by molar-refractivity contribution is 7.90. The molecule has 1 aromatic heterocycles. The van der Waals surface area contributed by atoms with E-state index in [2.05, 4.69) is 10.3 Å². The third-order valence-electron chi connectivity index (χ3n) is 4.71. The van der Waals surface area contributed by atoms with E-state index < -0.39 is 15.8 Å². The van der Waals surface area contributed by atoms with Gasteiger partial charge in [-0.1, -0.05) is 24.3 Å². The Kier molecular flexibility index (Phi) is 6.30. The van der Waals surface area contributed by atoms with Gasteiger partial charge in [0.05, 0.1) is 17.2 Å². The maximum Gasteiger partial charge on any atom is 0.327 e. The second kappa shape index (κ2) is 8.76. The van der Waals surface area contributed by atoms with Crippen LogP contribution in [0.3, 0.4) is 0 Å². The first-order chi connectivity index (χ1) is 14.7. The molecule has 1 heterocycles. The van der Waals surface area contributed by atoms with E-state index in [1.807, 2.05) is 6.92 Å². The summed E-state index contributed by atoms with van der Waals surface area (Å²) in [5.74, 6) is -0.759. The number of aromatic hydroxyl groups is 2. The van der Waals surface area contributed by atoms with Crippen LogP contribution in [0.25, 0.3) is 22.5 Å². The Morgan fingerprint density at radius 1 is 1.10 bits per heavy atom. The third-order valence-corrected chi connectivity index (χ3v) is 5.84. The number of carbonyl (C=O) groups is 1. The van der Waals surface area contributed by atoms with E-state index in [0.717, 1.165) is 6.26 Å². The SMILES string of the molecule is CCOC(=O)Cn1nnc(-c2cc(CC)c(O)cc2O)c1-c1ccc(S(C)(=O)=O)cc1. The van der Waals surface area contributed by atoms with Crippen LogP contribution in [0.15, 0.2) is 41.3 Å². The molecule has 3 rings (SSSR count). The third kappa shape index (κ3) is 4.69. The summed E-state index contributed by atoms with van der Waals surface area (Å²) >= 11 is 0. The molecule has 0 aliphatic rings. The summed E-state index contributed by atoms with van der Waals surface area (Å²) in [5, 5.41) is 28.7. The summed E-state index contributed by atoms with van der Waals surface area (Å²) in [6.07, 6.45) is 1.63. The molecule has 2 aromatic carbocycles. The molecule has 9 nitrogen and oxygen atoms in total. The molecular weight excluding hydrogens is 422 g/mol. The molecule has 0 fully saturated rings. The number of phenols is 2. The summed E-state index contributed by atoms with van der Waals surface area (Å²) in [6, 6.07) is 8.90. The second-order valence-electron chi connectivity index (χ2n) is 6.90. The van der Waals surface area contributed by atoms with Crippen LogP contribution in [0.2, 0.25) is 0 Å². The minimum atomic E-state index is -3.39. The van der Waals surface area contributed by atoms with Crippen LogP contribution in [0.1, 0.15) is 19.4 Å². The van der Waals surface area contributed by atoms with Crippen LogP contribution in [0, 0.1) is 0 Å². The minimum Gasteiger partial charge on any atom is -0.508 e.